The van der Waals surface area contributed by atoms with E-state index in [1.807, 2.05) is 60.4 Å². The normalized spacial score (nSPS) is 12.0. The van der Waals surface area contributed by atoms with Gasteiger partial charge in [0.15, 0.2) is 6.23 Å². The first-order valence-corrected chi connectivity index (χ1v) is 7.13. The minimum atomic E-state index is -0.765. The summed E-state index contributed by atoms with van der Waals surface area (Å²) in [7, 11) is 0. The lowest BCUT2D eigenvalue weighted by Gasteiger charge is -2.35. The van der Waals surface area contributed by atoms with Crippen LogP contribution in [0.5, 0.6) is 0 Å². The van der Waals surface area contributed by atoms with Crippen LogP contribution in [0.1, 0.15) is 36.8 Å². The average Bonchev–Trinajstić information content (AvgIpc) is 2.49. The van der Waals surface area contributed by atoms with Gasteiger partial charge in [-0.15, -0.1) is 6.42 Å². The van der Waals surface area contributed by atoms with Crippen LogP contribution in [0.2, 0.25) is 0 Å². The quantitative estimate of drug-likeness (QED) is 0.678. The van der Waals surface area contributed by atoms with E-state index < -0.39 is 6.23 Å². The van der Waals surface area contributed by atoms with E-state index in [0.717, 1.165) is 22.4 Å². The summed E-state index contributed by atoms with van der Waals surface area (Å²) in [6, 6.07) is 15.7. The third-order valence-corrected chi connectivity index (χ3v) is 3.61. The molecule has 0 fully saturated rings. The van der Waals surface area contributed by atoms with Crippen molar-refractivity contribution in [3.63, 3.8) is 0 Å². The highest BCUT2D eigenvalue weighted by molar-refractivity contribution is 5.56. The Hall–Kier alpha value is -2.24. The van der Waals surface area contributed by atoms with Gasteiger partial charge >= 0.3 is 0 Å². The monoisotopic (exact) mass is 279 g/mol. The van der Waals surface area contributed by atoms with Crippen molar-refractivity contribution < 1.29 is 5.11 Å². The van der Waals surface area contributed by atoms with Crippen molar-refractivity contribution >= 4 is 5.69 Å². The number of rotatable bonds is 4. The number of hydrogen-bond acceptors (Lipinski definition) is 2. The second kappa shape index (κ2) is 6.47. The van der Waals surface area contributed by atoms with E-state index in [1.54, 1.807) is 0 Å². The minimum Gasteiger partial charge on any atom is -0.369 e. The fourth-order valence-corrected chi connectivity index (χ4v) is 2.55. The zero-order valence-electron chi connectivity index (χ0n) is 12.7. The van der Waals surface area contributed by atoms with Crippen molar-refractivity contribution in [2.45, 2.75) is 33.0 Å². The van der Waals surface area contributed by atoms with Gasteiger partial charge in [-0.3, -0.25) is 0 Å². The molecule has 0 aliphatic rings. The van der Waals surface area contributed by atoms with Crippen LogP contribution < -0.4 is 4.90 Å². The fraction of sp³-hybridized carbons (Fsp3) is 0.263. The van der Waals surface area contributed by atoms with E-state index in [9.17, 15) is 5.11 Å². The molecule has 0 saturated heterocycles. The predicted molar refractivity (Wildman–Crippen MR) is 88.1 cm³/mol. The summed E-state index contributed by atoms with van der Waals surface area (Å²) in [5.41, 5.74) is 3.64. The molecule has 0 aliphatic heterocycles. The van der Waals surface area contributed by atoms with Crippen molar-refractivity contribution in [2.24, 2.45) is 0 Å². The highest BCUT2D eigenvalue weighted by Gasteiger charge is 2.23. The first kappa shape index (κ1) is 15.2. The highest BCUT2D eigenvalue weighted by atomic mass is 16.3. The first-order chi connectivity index (χ1) is 10.1. The molecule has 0 aromatic heterocycles. The summed E-state index contributed by atoms with van der Waals surface area (Å²) in [6.45, 7) is 6.17. The molecule has 2 rings (SSSR count). The van der Waals surface area contributed by atoms with Crippen LogP contribution in [0.3, 0.4) is 0 Å². The lowest BCUT2D eigenvalue weighted by molar-refractivity contribution is 0.163. The second-order valence-electron chi connectivity index (χ2n) is 5.39. The Morgan fingerprint density at radius 2 is 1.67 bits per heavy atom. The molecule has 0 spiro atoms. The Morgan fingerprint density at radius 1 is 1.05 bits per heavy atom. The summed E-state index contributed by atoms with van der Waals surface area (Å²) >= 11 is 0. The number of benzene rings is 2. The molecule has 2 heteroatoms. The van der Waals surface area contributed by atoms with Crippen LogP contribution >= 0.6 is 0 Å². The maximum Gasteiger partial charge on any atom is 0.154 e. The Bertz CT molecular complexity index is 655. The third-order valence-electron chi connectivity index (χ3n) is 3.61. The largest absolute Gasteiger partial charge is 0.369 e. The van der Waals surface area contributed by atoms with Gasteiger partial charge in [-0.1, -0.05) is 42.3 Å². The molecule has 21 heavy (non-hydrogen) atoms. The molecule has 1 unspecified atom stereocenters. The Balaban J connectivity index is 2.49. The number of aryl methyl sites for hydroxylation is 1. The standard InChI is InChI=1S/C19H21NO/c1-5-16-11-7-8-12-17(16)19(21)20(14(2)3)18-13-9-6-10-15(18)4/h1,6-14,19,21H,2-4H3. The number of hydrogen-bond donors (Lipinski definition) is 1. The predicted octanol–water partition coefficient (Wildman–Crippen LogP) is 3.88. The topological polar surface area (TPSA) is 23.5 Å². The summed E-state index contributed by atoms with van der Waals surface area (Å²) in [6.07, 6.45) is 4.79. The van der Waals surface area contributed by atoms with Crippen molar-refractivity contribution in [3.8, 4) is 12.3 Å². The molecule has 2 aromatic rings. The van der Waals surface area contributed by atoms with Crippen molar-refractivity contribution in [1.82, 2.24) is 0 Å². The molecular formula is C19H21NO. The number of para-hydroxylation sites is 1. The molecule has 0 bridgehead atoms. The number of aliphatic hydroxyl groups excluding tert-OH is 1. The number of aliphatic hydroxyl groups is 1. The van der Waals surface area contributed by atoms with Gasteiger partial charge in [0.1, 0.15) is 0 Å². The highest BCUT2D eigenvalue weighted by Crippen LogP contribution is 2.31. The van der Waals surface area contributed by atoms with Gasteiger partial charge in [0, 0.05) is 22.9 Å². The smallest absolute Gasteiger partial charge is 0.154 e. The molecule has 2 aromatic carbocycles. The van der Waals surface area contributed by atoms with Gasteiger partial charge in [-0.05, 0) is 38.5 Å². The Kier molecular flexibility index (Phi) is 4.67. The SMILES string of the molecule is C#Cc1ccccc1C(O)N(c1ccccc1C)C(C)C. The molecule has 1 atom stereocenters. The zero-order chi connectivity index (χ0) is 15.4. The first-order valence-electron chi connectivity index (χ1n) is 7.13. The number of nitrogens with zero attached hydrogens (tertiary/aromatic N) is 1. The van der Waals surface area contributed by atoms with Crippen LogP contribution in [0.4, 0.5) is 5.69 Å². The molecule has 0 aliphatic carbocycles. The lowest BCUT2D eigenvalue weighted by atomic mass is 10.0. The van der Waals surface area contributed by atoms with Crippen LogP contribution in [-0.4, -0.2) is 11.1 Å². The van der Waals surface area contributed by atoms with Crippen molar-refractivity contribution in [2.75, 3.05) is 4.90 Å². The van der Waals surface area contributed by atoms with Gasteiger partial charge in [0.2, 0.25) is 0 Å². The average molecular weight is 279 g/mol. The third kappa shape index (κ3) is 3.09. The van der Waals surface area contributed by atoms with Gasteiger partial charge in [0.25, 0.3) is 0 Å². The van der Waals surface area contributed by atoms with E-state index in [1.165, 1.54) is 0 Å². The van der Waals surface area contributed by atoms with E-state index in [4.69, 9.17) is 6.42 Å². The van der Waals surface area contributed by atoms with Crippen molar-refractivity contribution in [3.05, 3.63) is 65.2 Å². The van der Waals surface area contributed by atoms with Gasteiger partial charge in [-0.25, -0.2) is 0 Å². The minimum absolute atomic E-state index is 0.145. The van der Waals surface area contributed by atoms with Crippen LogP contribution in [0.15, 0.2) is 48.5 Å². The molecule has 0 amide bonds. The van der Waals surface area contributed by atoms with E-state index in [-0.39, 0.29) is 6.04 Å². The molecule has 2 nitrogen and oxygen atoms in total. The molecule has 0 radical (unpaired) electrons. The van der Waals surface area contributed by atoms with E-state index >= 15 is 0 Å². The fourth-order valence-electron chi connectivity index (χ4n) is 2.55. The molecule has 0 heterocycles. The molecule has 108 valence electrons. The van der Waals surface area contributed by atoms with E-state index in [0.29, 0.717) is 0 Å². The lowest BCUT2D eigenvalue weighted by Crippen LogP contribution is -2.35. The molecule has 1 N–H and O–H groups in total. The van der Waals surface area contributed by atoms with Crippen molar-refractivity contribution in [1.29, 1.82) is 0 Å². The van der Waals surface area contributed by atoms with Gasteiger partial charge in [-0.2, -0.15) is 0 Å². The summed E-state index contributed by atoms with van der Waals surface area (Å²) in [4.78, 5) is 1.99. The summed E-state index contributed by atoms with van der Waals surface area (Å²) in [5.74, 6) is 2.65. The summed E-state index contributed by atoms with van der Waals surface area (Å²) in [5, 5.41) is 10.9. The van der Waals surface area contributed by atoms with Gasteiger partial charge < -0.3 is 10.0 Å². The maximum absolute atomic E-state index is 10.9. The maximum atomic E-state index is 10.9. The Morgan fingerprint density at radius 3 is 2.29 bits per heavy atom. The van der Waals surface area contributed by atoms with Crippen LogP contribution in [0, 0.1) is 19.3 Å². The number of anilines is 1. The molecular weight excluding hydrogens is 258 g/mol. The number of terminal acetylenes is 1. The van der Waals surface area contributed by atoms with Crippen LogP contribution in [0.25, 0.3) is 0 Å². The van der Waals surface area contributed by atoms with E-state index in [2.05, 4.69) is 19.8 Å². The second-order valence-corrected chi connectivity index (χ2v) is 5.39. The van der Waals surface area contributed by atoms with Crippen LogP contribution in [-0.2, 0) is 0 Å². The Labute approximate surface area is 127 Å². The summed E-state index contributed by atoms with van der Waals surface area (Å²) < 4.78 is 0. The molecule has 0 saturated carbocycles. The zero-order valence-corrected chi connectivity index (χ0v) is 12.7. The van der Waals surface area contributed by atoms with Gasteiger partial charge in [0.05, 0.1) is 0 Å².